The standard InChI is InChI=1S/C20H18N2O4S/c1-14(23)15-7-9-17(10-8-15)22-19(24)11-13-27(25,26)18-6-2-4-16-5-3-12-21-20(16)18/h2-10,12H,11,13H2,1H3,(H,22,24). The minimum Gasteiger partial charge on any atom is -0.326 e. The number of benzene rings is 2. The molecule has 1 N–H and O–H groups in total. The largest absolute Gasteiger partial charge is 0.326 e. The third kappa shape index (κ3) is 4.38. The molecule has 0 spiro atoms. The Kier molecular flexibility index (Phi) is 5.32. The van der Waals surface area contributed by atoms with E-state index < -0.39 is 15.7 Å². The molecule has 0 fully saturated rings. The van der Waals surface area contributed by atoms with Gasteiger partial charge in [-0.05, 0) is 43.3 Å². The number of fused-ring (bicyclic) bond motifs is 1. The molecule has 1 amide bonds. The second-order valence-electron chi connectivity index (χ2n) is 6.08. The van der Waals surface area contributed by atoms with Gasteiger partial charge in [-0.3, -0.25) is 14.6 Å². The first kappa shape index (κ1) is 18.7. The zero-order valence-electron chi connectivity index (χ0n) is 14.7. The third-order valence-electron chi connectivity index (χ3n) is 4.10. The van der Waals surface area contributed by atoms with E-state index in [1.807, 2.05) is 0 Å². The van der Waals surface area contributed by atoms with Gasteiger partial charge in [0.15, 0.2) is 15.6 Å². The number of hydrogen-bond donors (Lipinski definition) is 1. The van der Waals surface area contributed by atoms with E-state index in [2.05, 4.69) is 10.3 Å². The van der Waals surface area contributed by atoms with Crippen LogP contribution in [0.1, 0.15) is 23.7 Å². The Balaban J connectivity index is 1.69. The summed E-state index contributed by atoms with van der Waals surface area (Å²) in [7, 11) is -3.66. The summed E-state index contributed by atoms with van der Waals surface area (Å²) in [6.45, 7) is 1.46. The van der Waals surface area contributed by atoms with Crippen LogP contribution in [0.2, 0.25) is 0 Å². The van der Waals surface area contributed by atoms with Crippen molar-refractivity contribution in [2.45, 2.75) is 18.2 Å². The van der Waals surface area contributed by atoms with E-state index in [-0.39, 0.29) is 22.9 Å². The minimum atomic E-state index is -3.66. The van der Waals surface area contributed by atoms with E-state index in [9.17, 15) is 18.0 Å². The number of sulfone groups is 1. The number of amides is 1. The maximum absolute atomic E-state index is 12.7. The Morgan fingerprint density at radius 2 is 1.70 bits per heavy atom. The van der Waals surface area contributed by atoms with Gasteiger partial charge in [0.2, 0.25) is 5.91 Å². The maximum atomic E-state index is 12.7. The van der Waals surface area contributed by atoms with Gasteiger partial charge in [-0.1, -0.05) is 18.2 Å². The summed E-state index contributed by atoms with van der Waals surface area (Å²) in [6.07, 6.45) is 1.36. The van der Waals surface area contributed by atoms with Crippen LogP contribution in [0, 0.1) is 0 Å². The maximum Gasteiger partial charge on any atom is 0.225 e. The monoisotopic (exact) mass is 382 g/mol. The smallest absolute Gasteiger partial charge is 0.225 e. The normalized spacial score (nSPS) is 11.3. The first-order chi connectivity index (χ1) is 12.9. The SMILES string of the molecule is CC(=O)c1ccc(NC(=O)CCS(=O)(=O)c2cccc3cccnc23)cc1. The van der Waals surface area contributed by atoms with Crippen molar-refractivity contribution in [3.05, 3.63) is 66.4 Å². The topological polar surface area (TPSA) is 93.2 Å². The summed E-state index contributed by atoms with van der Waals surface area (Å²) in [5, 5.41) is 3.37. The van der Waals surface area contributed by atoms with Crippen LogP contribution in [0.4, 0.5) is 5.69 Å². The zero-order chi connectivity index (χ0) is 19.4. The first-order valence-electron chi connectivity index (χ1n) is 8.34. The van der Waals surface area contributed by atoms with Crippen molar-refractivity contribution in [1.82, 2.24) is 4.98 Å². The molecule has 1 aromatic heterocycles. The summed E-state index contributed by atoms with van der Waals surface area (Å²) < 4.78 is 25.3. The van der Waals surface area contributed by atoms with Crippen LogP contribution < -0.4 is 5.32 Å². The van der Waals surface area contributed by atoms with Gasteiger partial charge in [-0.2, -0.15) is 0 Å². The number of pyridine rings is 1. The average Bonchev–Trinajstić information content (AvgIpc) is 2.66. The van der Waals surface area contributed by atoms with Crippen molar-refractivity contribution in [2.24, 2.45) is 0 Å². The van der Waals surface area contributed by atoms with Crippen molar-refractivity contribution in [2.75, 3.05) is 11.1 Å². The van der Waals surface area contributed by atoms with Crippen LogP contribution >= 0.6 is 0 Å². The van der Waals surface area contributed by atoms with Crippen LogP contribution in [0.3, 0.4) is 0 Å². The molecular formula is C20H18N2O4S. The Hall–Kier alpha value is -3.06. The van der Waals surface area contributed by atoms with E-state index in [4.69, 9.17) is 0 Å². The second kappa shape index (κ2) is 7.67. The lowest BCUT2D eigenvalue weighted by Crippen LogP contribution is -2.17. The van der Waals surface area contributed by atoms with Crippen molar-refractivity contribution in [3.8, 4) is 0 Å². The quantitative estimate of drug-likeness (QED) is 0.661. The molecule has 138 valence electrons. The molecule has 0 saturated carbocycles. The molecule has 7 heteroatoms. The fourth-order valence-electron chi connectivity index (χ4n) is 2.68. The minimum absolute atomic E-state index is 0.0670. The van der Waals surface area contributed by atoms with Crippen LogP contribution in [0.5, 0.6) is 0 Å². The number of ketones is 1. The summed E-state index contributed by atoms with van der Waals surface area (Å²) in [5.41, 5.74) is 1.45. The Bertz CT molecular complexity index is 1100. The number of anilines is 1. The predicted molar refractivity (Wildman–Crippen MR) is 103 cm³/mol. The number of carbonyl (C=O) groups is 2. The predicted octanol–water partition coefficient (Wildman–Crippen LogP) is 3.24. The second-order valence-corrected chi connectivity index (χ2v) is 8.16. The number of aromatic nitrogens is 1. The molecule has 0 aliphatic heterocycles. The first-order valence-corrected chi connectivity index (χ1v) is 9.99. The van der Waals surface area contributed by atoms with Gasteiger partial charge in [0.05, 0.1) is 16.2 Å². The zero-order valence-corrected chi connectivity index (χ0v) is 15.5. The molecule has 2 aromatic carbocycles. The van der Waals surface area contributed by atoms with Gasteiger partial charge in [-0.25, -0.2) is 8.42 Å². The number of nitrogens with zero attached hydrogens (tertiary/aromatic N) is 1. The molecule has 6 nitrogen and oxygen atoms in total. The lowest BCUT2D eigenvalue weighted by molar-refractivity contribution is -0.115. The molecule has 3 rings (SSSR count). The van der Waals surface area contributed by atoms with Crippen LogP contribution in [-0.4, -0.2) is 30.8 Å². The van der Waals surface area contributed by atoms with Gasteiger partial charge >= 0.3 is 0 Å². The van der Waals surface area contributed by atoms with Crippen molar-refractivity contribution in [1.29, 1.82) is 0 Å². The lowest BCUT2D eigenvalue weighted by atomic mass is 10.1. The Labute approximate surface area is 157 Å². The van der Waals surface area contributed by atoms with E-state index in [1.54, 1.807) is 54.7 Å². The molecule has 0 aliphatic carbocycles. The van der Waals surface area contributed by atoms with Crippen molar-refractivity contribution in [3.63, 3.8) is 0 Å². The average molecular weight is 382 g/mol. The highest BCUT2D eigenvalue weighted by atomic mass is 32.2. The van der Waals surface area contributed by atoms with E-state index in [1.165, 1.54) is 13.0 Å². The highest BCUT2D eigenvalue weighted by Crippen LogP contribution is 2.22. The van der Waals surface area contributed by atoms with Crippen LogP contribution in [0.25, 0.3) is 10.9 Å². The van der Waals surface area contributed by atoms with E-state index >= 15 is 0 Å². The third-order valence-corrected chi connectivity index (χ3v) is 5.84. The van der Waals surface area contributed by atoms with Crippen molar-refractivity contribution < 1.29 is 18.0 Å². The molecule has 0 bridgehead atoms. The molecular weight excluding hydrogens is 364 g/mol. The Morgan fingerprint density at radius 1 is 1.00 bits per heavy atom. The molecule has 0 aliphatic rings. The molecule has 0 saturated heterocycles. The molecule has 1 heterocycles. The molecule has 0 unspecified atom stereocenters. The number of para-hydroxylation sites is 1. The van der Waals surface area contributed by atoms with Crippen LogP contribution in [0.15, 0.2) is 65.7 Å². The number of rotatable bonds is 6. The molecule has 3 aromatic rings. The fraction of sp³-hybridized carbons (Fsp3) is 0.150. The molecule has 0 atom stereocenters. The number of nitrogens with one attached hydrogen (secondary N) is 1. The molecule has 27 heavy (non-hydrogen) atoms. The number of hydrogen-bond acceptors (Lipinski definition) is 5. The summed E-state index contributed by atoms with van der Waals surface area (Å²) >= 11 is 0. The number of Topliss-reactive ketones (excluding diaryl/α,β-unsaturated/α-hetero) is 1. The van der Waals surface area contributed by atoms with Gasteiger partial charge in [0, 0.05) is 29.3 Å². The summed E-state index contributed by atoms with van der Waals surface area (Å²) in [5.74, 6) is -0.801. The lowest BCUT2D eigenvalue weighted by Gasteiger charge is -2.08. The van der Waals surface area contributed by atoms with Crippen LogP contribution in [-0.2, 0) is 14.6 Å². The Morgan fingerprint density at radius 3 is 2.41 bits per heavy atom. The van der Waals surface area contributed by atoms with Gasteiger partial charge in [0.1, 0.15) is 0 Å². The van der Waals surface area contributed by atoms with Gasteiger partial charge in [-0.15, -0.1) is 0 Å². The summed E-state index contributed by atoms with van der Waals surface area (Å²) in [6, 6.07) is 14.9. The van der Waals surface area contributed by atoms with Gasteiger partial charge in [0.25, 0.3) is 0 Å². The highest BCUT2D eigenvalue weighted by Gasteiger charge is 2.20. The van der Waals surface area contributed by atoms with Gasteiger partial charge < -0.3 is 5.32 Å². The summed E-state index contributed by atoms with van der Waals surface area (Å²) in [4.78, 5) is 27.7. The van der Waals surface area contributed by atoms with Crippen molar-refractivity contribution >= 4 is 38.1 Å². The highest BCUT2D eigenvalue weighted by molar-refractivity contribution is 7.91. The number of carbonyl (C=O) groups excluding carboxylic acids is 2. The molecule has 0 radical (unpaired) electrons. The fourth-order valence-corrected chi connectivity index (χ4v) is 4.10. The van der Waals surface area contributed by atoms with E-state index in [0.717, 1.165) is 5.39 Å². The van der Waals surface area contributed by atoms with E-state index in [0.29, 0.717) is 16.8 Å².